The molecule has 0 saturated heterocycles. The van der Waals surface area contributed by atoms with Gasteiger partial charge >= 0.3 is 0 Å². The first-order chi connectivity index (χ1) is 11.6. The van der Waals surface area contributed by atoms with E-state index in [1.165, 1.54) is 0 Å². The van der Waals surface area contributed by atoms with Gasteiger partial charge in [-0.15, -0.1) is 4.40 Å². The molecule has 0 amide bonds. The molecule has 2 aromatic rings. The second-order valence-electron chi connectivity index (χ2n) is 5.61. The predicted octanol–water partition coefficient (Wildman–Crippen LogP) is 2.70. The highest BCUT2D eigenvalue weighted by atomic mass is 32.2. The van der Waals surface area contributed by atoms with E-state index in [0.29, 0.717) is 12.4 Å². The molecule has 1 aromatic heterocycles. The van der Waals surface area contributed by atoms with Crippen LogP contribution in [0.5, 0.6) is 0 Å². The minimum atomic E-state index is -3.39. The van der Waals surface area contributed by atoms with E-state index >= 15 is 0 Å². The van der Waals surface area contributed by atoms with Crippen molar-refractivity contribution in [3.05, 3.63) is 72.6 Å². The molecule has 0 unspecified atom stereocenters. The van der Waals surface area contributed by atoms with Crippen LogP contribution < -0.4 is 0 Å². The molecular weight excluding hydrogens is 322 g/mol. The highest BCUT2D eigenvalue weighted by molar-refractivity contribution is 7.90. The SMILES string of the molecule is O=S1(=O)CCN2C=CC=C(c3ccc(-c4ccccc4)nc3)C2=N1. The van der Waals surface area contributed by atoms with E-state index in [2.05, 4.69) is 9.38 Å². The zero-order valence-electron chi connectivity index (χ0n) is 12.8. The predicted molar refractivity (Wildman–Crippen MR) is 94.7 cm³/mol. The fraction of sp³-hybridized carbons (Fsp3) is 0.111. The van der Waals surface area contributed by atoms with Crippen molar-refractivity contribution in [2.45, 2.75) is 0 Å². The van der Waals surface area contributed by atoms with Crippen molar-refractivity contribution in [3.63, 3.8) is 0 Å². The Kier molecular flexibility index (Phi) is 3.54. The van der Waals surface area contributed by atoms with Crippen molar-refractivity contribution in [1.82, 2.24) is 9.88 Å². The molecule has 2 aliphatic heterocycles. The van der Waals surface area contributed by atoms with Crippen LogP contribution in [0.4, 0.5) is 0 Å². The summed E-state index contributed by atoms with van der Waals surface area (Å²) in [5.41, 5.74) is 3.54. The van der Waals surface area contributed by atoms with Gasteiger partial charge in [-0.25, -0.2) is 8.42 Å². The van der Waals surface area contributed by atoms with Crippen LogP contribution >= 0.6 is 0 Å². The lowest BCUT2D eigenvalue weighted by atomic mass is 10.0. The molecule has 0 atom stereocenters. The smallest absolute Gasteiger partial charge is 0.256 e. The summed E-state index contributed by atoms with van der Waals surface area (Å²) in [7, 11) is -3.39. The Morgan fingerprint density at radius 1 is 1.00 bits per heavy atom. The Balaban J connectivity index is 1.72. The second-order valence-corrected chi connectivity index (χ2v) is 7.37. The number of pyridine rings is 1. The number of amidine groups is 1. The van der Waals surface area contributed by atoms with E-state index in [1.54, 1.807) is 6.20 Å². The summed E-state index contributed by atoms with van der Waals surface area (Å²) < 4.78 is 27.6. The number of sulfonamides is 1. The highest BCUT2D eigenvalue weighted by Gasteiger charge is 2.27. The van der Waals surface area contributed by atoms with E-state index in [9.17, 15) is 8.42 Å². The van der Waals surface area contributed by atoms with Crippen molar-refractivity contribution in [2.75, 3.05) is 12.3 Å². The number of hydrogen-bond acceptors (Lipinski definition) is 4. The van der Waals surface area contributed by atoms with Crippen molar-refractivity contribution in [3.8, 4) is 11.3 Å². The van der Waals surface area contributed by atoms with Gasteiger partial charge in [0.05, 0.1) is 11.4 Å². The molecule has 0 spiro atoms. The van der Waals surface area contributed by atoms with Gasteiger partial charge in [-0.3, -0.25) is 4.98 Å². The quantitative estimate of drug-likeness (QED) is 0.845. The standard InChI is InChI=1S/C18H15N3O2S/c22-24(23)12-11-21-10-4-7-16(18(21)20-24)15-8-9-17(19-13-15)14-5-2-1-3-6-14/h1-10,13H,11-12H2. The maximum atomic E-state index is 11.8. The number of rotatable bonds is 2. The third-order valence-corrected chi connectivity index (χ3v) is 5.15. The first-order valence-corrected chi connectivity index (χ1v) is 9.23. The van der Waals surface area contributed by atoms with Crippen molar-refractivity contribution in [1.29, 1.82) is 0 Å². The number of hydrogen-bond donors (Lipinski definition) is 0. The molecule has 4 rings (SSSR count). The molecule has 0 aliphatic carbocycles. The molecule has 6 heteroatoms. The molecule has 0 fully saturated rings. The molecule has 0 N–H and O–H groups in total. The average molecular weight is 337 g/mol. The molecule has 1 aromatic carbocycles. The number of aromatic nitrogens is 1. The minimum Gasteiger partial charge on any atom is -0.331 e. The molecule has 0 bridgehead atoms. The van der Waals surface area contributed by atoms with Gasteiger partial charge in [0.15, 0.2) is 5.84 Å². The van der Waals surface area contributed by atoms with Crippen LogP contribution in [0.3, 0.4) is 0 Å². The lowest BCUT2D eigenvalue weighted by Gasteiger charge is -2.29. The van der Waals surface area contributed by atoms with Crippen molar-refractivity contribution in [2.24, 2.45) is 4.40 Å². The van der Waals surface area contributed by atoms with Gasteiger partial charge < -0.3 is 4.90 Å². The van der Waals surface area contributed by atoms with Crippen LogP contribution in [0.25, 0.3) is 16.8 Å². The van der Waals surface area contributed by atoms with E-state index in [0.717, 1.165) is 22.4 Å². The summed E-state index contributed by atoms with van der Waals surface area (Å²) in [5, 5.41) is 0. The third-order valence-electron chi connectivity index (χ3n) is 4.00. The van der Waals surface area contributed by atoms with Gasteiger partial charge in [-0.1, -0.05) is 36.4 Å². The van der Waals surface area contributed by atoms with Gasteiger partial charge in [0, 0.05) is 35.6 Å². The van der Waals surface area contributed by atoms with E-state index in [4.69, 9.17) is 0 Å². The van der Waals surface area contributed by atoms with Gasteiger partial charge in [0.2, 0.25) is 0 Å². The molecule has 0 radical (unpaired) electrons. The summed E-state index contributed by atoms with van der Waals surface area (Å²) in [6.45, 7) is 0.421. The number of benzene rings is 1. The normalized spacial score (nSPS) is 18.6. The van der Waals surface area contributed by atoms with Crippen LogP contribution in [0.1, 0.15) is 5.56 Å². The first-order valence-electron chi connectivity index (χ1n) is 7.62. The maximum absolute atomic E-state index is 11.8. The van der Waals surface area contributed by atoms with Gasteiger partial charge in [-0.05, 0) is 18.2 Å². The van der Waals surface area contributed by atoms with Crippen molar-refractivity contribution >= 4 is 21.4 Å². The van der Waals surface area contributed by atoms with Gasteiger partial charge in [-0.2, -0.15) is 0 Å². The molecule has 24 heavy (non-hydrogen) atoms. The number of nitrogens with zero attached hydrogens (tertiary/aromatic N) is 3. The molecule has 0 saturated carbocycles. The summed E-state index contributed by atoms with van der Waals surface area (Å²) in [6, 6.07) is 13.8. The van der Waals surface area contributed by atoms with E-state index in [1.807, 2.05) is 65.7 Å². The zero-order chi connectivity index (χ0) is 16.6. The Bertz CT molecular complexity index is 959. The summed E-state index contributed by atoms with van der Waals surface area (Å²) >= 11 is 0. The van der Waals surface area contributed by atoms with Crippen LogP contribution in [0.15, 0.2) is 71.4 Å². The Hall–Kier alpha value is -2.73. The Labute approximate surface area is 140 Å². The van der Waals surface area contributed by atoms with Gasteiger partial charge in [0.25, 0.3) is 10.0 Å². The maximum Gasteiger partial charge on any atom is 0.256 e. The average Bonchev–Trinajstić information content (AvgIpc) is 2.61. The fourth-order valence-corrected chi connectivity index (χ4v) is 3.76. The zero-order valence-corrected chi connectivity index (χ0v) is 13.6. The van der Waals surface area contributed by atoms with E-state index in [-0.39, 0.29) is 5.75 Å². The Morgan fingerprint density at radius 3 is 2.58 bits per heavy atom. The topological polar surface area (TPSA) is 62.6 Å². The van der Waals surface area contributed by atoms with Crippen LogP contribution in [0, 0.1) is 0 Å². The summed E-state index contributed by atoms with van der Waals surface area (Å²) in [5.74, 6) is 0.511. The molecule has 3 heterocycles. The largest absolute Gasteiger partial charge is 0.331 e. The summed E-state index contributed by atoms with van der Waals surface area (Å²) in [6.07, 6.45) is 7.38. The van der Waals surface area contributed by atoms with Gasteiger partial charge in [0.1, 0.15) is 0 Å². The van der Waals surface area contributed by atoms with Crippen LogP contribution in [-0.4, -0.2) is 36.4 Å². The molecule has 5 nitrogen and oxygen atoms in total. The molecular formula is C18H15N3O2S. The number of fused-ring (bicyclic) bond motifs is 1. The summed E-state index contributed by atoms with van der Waals surface area (Å²) in [4.78, 5) is 6.37. The lowest BCUT2D eigenvalue weighted by molar-refractivity contribution is 0.550. The molecule has 120 valence electrons. The lowest BCUT2D eigenvalue weighted by Crippen LogP contribution is -2.37. The Morgan fingerprint density at radius 2 is 1.83 bits per heavy atom. The highest BCUT2D eigenvalue weighted by Crippen LogP contribution is 2.26. The first kappa shape index (κ1) is 14.8. The molecule has 2 aliphatic rings. The van der Waals surface area contributed by atoms with Crippen LogP contribution in [-0.2, 0) is 10.0 Å². The van der Waals surface area contributed by atoms with E-state index < -0.39 is 10.0 Å². The van der Waals surface area contributed by atoms with Crippen LogP contribution in [0.2, 0.25) is 0 Å². The van der Waals surface area contributed by atoms with Crippen molar-refractivity contribution < 1.29 is 8.42 Å². The monoisotopic (exact) mass is 337 g/mol. The fourth-order valence-electron chi connectivity index (χ4n) is 2.77. The minimum absolute atomic E-state index is 0.0410. The third kappa shape index (κ3) is 2.76. The number of allylic oxidation sites excluding steroid dienone is 2. The second kappa shape index (κ2) is 5.72.